The summed E-state index contributed by atoms with van der Waals surface area (Å²) in [5.41, 5.74) is 0.753. The molecule has 10 nitrogen and oxygen atoms in total. The zero-order valence-corrected chi connectivity index (χ0v) is 18.2. The van der Waals surface area contributed by atoms with E-state index in [1.807, 2.05) is 6.92 Å². The van der Waals surface area contributed by atoms with Crippen LogP contribution in [0.25, 0.3) is 0 Å². The molecule has 1 aromatic rings. The third-order valence-electron chi connectivity index (χ3n) is 4.43. The Bertz CT molecular complexity index is 760. The van der Waals surface area contributed by atoms with Crippen molar-refractivity contribution in [2.45, 2.75) is 45.7 Å². The van der Waals surface area contributed by atoms with Crippen LogP contribution >= 0.6 is 7.75 Å². The quantitative estimate of drug-likeness (QED) is 0.284. The first-order valence-corrected chi connectivity index (χ1v) is 11.3. The SMILES string of the molecule is CCOP(=O)(O)N[C@H](C(=O)N[C@@H](Cc1ccccc1)C(=O)NCC(=O)O)[C@@H](C)CC. The van der Waals surface area contributed by atoms with E-state index in [1.165, 1.54) is 0 Å². The number of aliphatic carboxylic acids is 1. The van der Waals surface area contributed by atoms with Crippen LogP contribution in [0.15, 0.2) is 30.3 Å². The van der Waals surface area contributed by atoms with Crippen LogP contribution in [0.5, 0.6) is 0 Å². The zero-order valence-electron chi connectivity index (χ0n) is 17.3. The van der Waals surface area contributed by atoms with Gasteiger partial charge in [0.25, 0.3) is 0 Å². The molecule has 1 unspecified atom stereocenters. The molecule has 0 bridgehead atoms. The molecule has 11 heteroatoms. The fraction of sp³-hybridized carbons (Fsp3) is 0.526. The number of amides is 2. The highest BCUT2D eigenvalue weighted by molar-refractivity contribution is 7.50. The lowest BCUT2D eigenvalue weighted by Gasteiger charge is -2.27. The first kappa shape index (κ1) is 25.8. The van der Waals surface area contributed by atoms with Crippen molar-refractivity contribution in [3.05, 3.63) is 35.9 Å². The van der Waals surface area contributed by atoms with Gasteiger partial charge in [0.1, 0.15) is 12.6 Å². The Morgan fingerprint density at radius 2 is 1.77 bits per heavy atom. The summed E-state index contributed by atoms with van der Waals surface area (Å²) in [4.78, 5) is 46.1. The van der Waals surface area contributed by atoms with Crippen LogP contribution in [0.1, 0.15) is 32.8 Å². The fourth-order valence-electron chi connectivity index (χ4n) is 2.67. The topological polar surface area (TPSA) is 154 Å². The maximum Gasteiger partial charge on any atom is 0.403 e. The van der Waals surface area contributed by atoms with E-state index in [1.54, 1.807) is 44.2 Å². The maximum absolute atomic E-state index is 12.9. The summed E-state index contributed by atoms with van der Waals surface area (Å²) in [6.07, 6.45) is 0.638. The average Bonchev–Trinajstić information content (AvgIpc) is 2.69. The minimum absolute atomic E-state index is 0.0240. The van der Waals surface area contributed by atoms with Crippen LogP contribution in [0, 0.1) is 5.92 Å². The summed E-state index contributed by atoms with van der Waals surface area (Å²) in [5.74, 6) is -2.89. The predicted molar refractivity (Wildman–Crippen MR) is 111 cm³/mol. The monoisotopic (exact) mass is 443 g/mol. The van der Waals surface area contributed by atoms with Crippen molar-refractivity contribution in [3.63, 3.8) is 0 Å². The molecule has 4 atom stereocenters. The number of carbonyl (C=O) groups excluding carboxylic acids is 2. The van der Waals surface area contributed by atoms with E-state index in [0.717, 1.165) is 5.56 Å². The van der Waals surface area contributed by atoms with Gasteiger partial charge in [0, 0.05) is 6.42 Å². The first-order chi connectivity index (χ1) is 14.1. The molecule has 0 saturated carbocycles. The number of hydrogen-bond donors (Lipinski definition) is 5. The normalized spacial score (nSPS) is 16.0. The Labute approximate surface area is 176 Å². The molecule has 1 aromatic carbocycles. The van der Waals surface area contributed by atoms with Gasteiger partial charge in [-0.1, -0.05) is 50.6 Å². The lowest BCUT2D eigenvalue weighted by molar-refractivity contribution is -0.138. The molecule has 168 valence electrons. The Kier molecular flexibility index (Phi) is 10.7. The van der Waals surface area contributed by atoms with Gasteiger partial charge in [0.05, 0.1) is 12.6 Å². The van der Waals surface area contributed by atoms with Crippen molar-refractivity contribution in [3.8, 4) is 0 Å². The molecule has 0 aromatic heterocycles. The minimum Gasteiger partial charge on any atom is -0.480 e. The summed E-state index contributed by atoms with van der Waals surface area (Å²) in [6.45, 7) is 4.47. The van der Waals surface area contributed by atoms with Crippen LogP contribution < -0.4 is 15.7 Å². The number of benzene rings is 1. The number of carbonyl (C=O) groups is 3. The average molecular weight is 443 g/mol. The maximum atomic E-state index is 12.9. The smallest absolute Gasteiger partial charge is 0.403 e. The highest BCUT2D eigenvalue weighted by atomic mass is 31.2. The van der Waals surface area contributed by atoms with Gasteiger partial charge >= 0.3 is 13.7 Å². The molecule has 0 heterocycles. The van der Waals surface area contributed by atoms with Gasteiger partial charge in [-0.3, -0.25) is 18.9 Å². The van der Waals surface area contributed by atoms with Gasteiger partial charge in [0.2, 0.25) is 11.8 Å². The van der Waals surface area contributed by atoms with Crippen molar-refractivity contribution in [1.29, 1.82) is 0 Å². The molecule has 0 fully saturated rings. The molecule has 2 amide bonds. The third kappa shape index (κ3) is 9.04. The molecular formula is C19H30N3O7P. The van der Waals surface area contributed by atoms with Gasteiger partial charge in [-0.05, 0) is 18.4 Å². The van der Waals surface area contributed by atoms with Crippen molar-refractivity contribution >= 4 is 25.5 Å². The van der Waals surface area contributed by atoms with Crippen LogP contribution in [0.2, 0.25) is 0 Å². The van der Waals surface area contributed by atoms with Crippen LogP contribution in [-0.2, 0) is 29.9 Å². The molecule has 0 aliphatic rings. The summed E-state index contributed by atoms with van der Waals surface area (Å²) in [5, 5.41) is 16.0. The Morgan fingerprint density at radius 1 is 1.13 bits per heavy atom. The van der Waals surface area contributed by atoms with E-state index in [9.17, 15) is 23.8 Å². The fourth-order valence-corrected chi connectivity index (χ4v) is 3.82. The number of nitrogens with one attached hydrogen (secondary N) is 3. The Hall–Kier alpha value is -2.26. The van der Waals surface area contributed by atoms with Gasteiger partial charge in [-0.2, -0.15) is 0 Å². The Morgan fingerprint density at radius 3 is 2.30 bits per heavy atom. The van der Waals surface area contributed by atoms with E-state index >= 15 is 0 Å². The number of hydrogen-bond acceptors (Lipinski definition) is 5. The molecule has 1 rings (SSSR count). The molecule has 0 spiro atoms. The summed E-state index contributed by atoms with van der Waals surface area (Å²) in [7, 11) is -4.22. The van der Waals surface area contributed by atoms with E-state index < -0.39 is 44.2 Å². The minimum atomic E-state index is -4.22. The number of carboxylic acid groups (broad SMARTS) is 1. The van der Waals surface area contributed by atoms with Crippen LogP contribution in [0.4, 0.5) is 0 Å². The van der Waals surface area contributed by atoms with Crippen molar-refractivity contribution in [2.75, 3.05) is 13.2 Å². The van der Waals surface area contributed by atoms with Crippen LogP contribution in [0.3, 0.4) is 0 Å². The van der Waals surface area contributed by atoms with E-state index in [4.69, 9.17) is 9.63 Å². The standard InChI is InChI=1S/C19H30N3O7P/c1-4-13(3)17(22-30(27,28)29-5-2)19(26)21-15(18(25)20-12-16(23)24)11-14-9-7-6-8-10-14/h6-10,13,15,17H,4-5,11-12H2,1-3H3,(H,20,25)(H,21,26)(H,23,24)(H2,22,27,28)/t13-,15-,17-/m0/s1. The highest BCUT2D eigenvalue weighted by Gasteiger charge is 2.34. The zero-order chi connectivity index (χ0) is 22.7. The van der Waals surface area contributed by atoms with Gasteiger partial charge in [-0.15, -0.1) is 0 Å². The summed E-state index contributed by atoms with van der Waals surface area (Å²) < 4.78 is 16.9. The molecular weight excluding hydrogens is 413 g/mol. The number of rotatable bonds is 13. The predicted octanol–water partition coefficient (Wildman–Crippen LogP) is 1.06. The summed E-state index contributed by atoms with van der Waals surface area (Å²) in [6, 6.07) is 6.72. The van der Waals surface area contributed by atoms with Crippen LogP contribution in [-0.4, -0.2) is 53.0 Å². The molecule has 0 aliphatic carbocycles. The van der Waals surface area contributed by atoms with Crippen molar-refractivity contribution in [2.24, 2.45) is 5.92 Å². The van der Waals surface area contributed by atoms with E-state index in [0.29, 0.717) is 6.42 Å². The molecule has 0 saturated heterocycles. The largest absolute Gasteiger partial charge is 0.480 e. The third-order valence-corrected chi connectivity index (χ3v) is 5.64. The van der Waals surface area contributed by atoms with Gasteiger partial charge in [0.15, 0.2) is 0 Å². The van der Waals surface area contributed by atoms with E-state index in [2.05, 4.69) is 15.7 Å². The molecule has 0 aliphatic heterocycles. The molecule has 5 N–H and O–H groups in total. The first-order valence-electron chi connectivity index (χ1n) is 9.68. The van der Waals surface area contributed by atoms with Gasteiger partial charge in [-0.25, -0.2) is 9.65 Å². The molecule has 30 heavy (non-hydrogen) atoms. The second-order valence-corrected chi connectivity index (χ2v) is 8.35. The molecule has 0 radical (unpaired) electrons. The lowest BCUT2D eigenvalue weighted by atomic mass is 9.98. The van der Waals surface area contributed by atoms with Crippen molar-refractivity contribution < 1.29 is 33.5 Å². The lowest BCUT2D eigenvalue weighted by Crippen LogP contribution is -2.55. The second-order valence-electron chi connectivity index (χ2n) is 6.79. The van der Waals surface area contributed by atoms with E-state index in [-0.39, 0.29) is 18.9 Å². The second kappa shape index (κ2) is 12.4. The highest BCUT2D eigenvalue weighted by Crippen LogP contribution is 2.38. The number of carboxylic acids is 1. The van der Waals surface area contributed by atoms with Gasteiger partial charge < -0.3 is 20.6 Å². The summed E-state index contributed by atoms with van der Waals surface area (Å²) >= 11 is 0. The van der Waals surface area contributed by atoms with Crippen molar-refractivity contribution in [1.82, 2.24) is 15.7 Å². The Balaban J connectivity index is 3.03.